The minimum Gasteiger partial charge on any atom is -0.438 e. The average molecular weight is 192 g/mol. The van der Waals surface area contributed by atoms with Crippen molar-refractivity contribution >= 4 is 19.5 Å². The molecule has 1 aliphatic heterocycles. The van der Waals surface area contributed by atoms with Gasteiger partial charge in [-0.2, -0.15) is 0 Å². The van der Waals surface area contributed by atoms with E-state index in [4.69, 9.17) is 9.22 Å². The molecule has 0 bridgehead atoms. The SMILES string of the molecule is C1CC[SiH2]OC1.CC(C)[SiH2]O. The van der Waals surface area contributed by atoms with Crippen LogP contribution in [0.5, 0.6) is 0 Å². The van der Waals surface area contributed by atoms with Crippen molar-refractivity contribution in [1.82, 2.24) is 0 Å². The fourth-order valence-corrected chi connectivity index (χ4v) is 1.86. The van der Waals surface area contributed by atoms with Crippen LogP contribution in [0.15, 0.2) is 0 Å². The van der Waals surface area contributed by atoms with Gasteiger partial charge in [-0.05, 0) is 18.0 Å². The monoisotopic (exact) mass is 192 g/mol. The average Bonchev–Trinajstić information content (AvgIpc) is 2.09. The fraction of sp³-hybridized carbons (Fsp3) is 1.00. The van der Waals surface area contributed by atoms with Gasteiger partial charge >= 0.3 is 0 Å². The van der Waals surface area contributed by atoms with Gasteiger partial charge in [0.1, 0.15) is 0 Å². The molecular weight excluding hydrogens is 172 g/mol. The predicted octanol–water partition coefficient (Wildman–Crippen LogP) is 0.190. The van der Waals surface area contributed by atoms with Gasteiger partial charge in [0.15, 0.2) is 19.5 Å². The first-order valence-corrected chi connectivity index (χ1v) is 7.48. The smallest absolute Gasteiger partial charge is 0.161 e. The van der Waals surface area contributed by atoms with Crippen molar-refractivity contribution in [3.05, 3.63) is 0 Å². The van der Waals surface area contributed by atoms with Crippen molar-refractivity contribution in [1.29, 1.82) is 0 Å². The van der Waals surface area contributed by atoms with Gasteiger partial charge in [0.05, 0.1) is 0 Å². The van der Waals surface area contributed by atoms with Crippen LogP contribution in [0.25, 0.3) is 0 Å². The molecule has 11 heavy (non-hydrogen) atoms. The zero-order chi connectivity index (χ0) is 8.53. The van der Waals surface area contributed by atoms with Crippen LogP contribution in [0.1, 0.15) is 26.7 Å². The molecule has 0 unspecified atom stereocenters. The van der Waals surface area contributed by atoms with Crippen molar-refractivity contribution < 1.29 is 9.22 Å². The third-order valence-electron chi connectivity index (χ3n) is 1.44. The topological polar surface area (TPSA) is 29.5 Å². The highest BCUT2D eigenvalue weighted by molar-refractivity contribution is 6.27. The summed E-state index contributed by atoms with van der Waals surface area (Å²) in [7, 11) is -0.643. The first-order valence-electron chi connectivity index (χ1n) is 4.46. The summed E-state index contributed by atoms with van der Waals surface area (Å²) in [5.41, 5.74) is 0.579. The Kier molecular flexibility index (Phi) is 8.72. The normalized spacial score (nSPS) is 20.7. The van der Waals surface area contributed by atoms with Gasteiger partial charge in [0.2, 0.25) is 0 Å². The van der Waals surface area contributed by atoms with Crippen molar-refractivity contribution in [2.45, 2.75) is 38.3 Å². The quantitative estimate of drug-likeness (QED) is 0.601. The van der Waals surface area contributed by atoms with Gasteiger partial charge in [-0.1, -0.05) is 20.3 Å². The van der Waals surface area contributed by atoms with Gasteiger partial charge in [-0.15, -0.1) is 0 Å². The van der Waals surface area contributed by atoms with Crippen LogP contribution in [0.4, 0.5) is 0 Å². The molecule has 0 aromatic heterocycles. The molecule has 1 fully saturated rings. The van der Waals surface area contributed by atoms with E-state index in [-0.39, 0.29) is 9.76 Å². The molecule has 0 spiro atoms. The molecule has 0 amide bonds. The largest absolute Gasteiger partial charge is 0.438 e. The minimum absolute atomic E-state index is 0.00849. The van der Waals surface area contributed by atoms with Crippen LogP contribution in [0.2, 0.25) is 11.6 Å². The summed E-state index contributed by atoms with van der Waals surface area (Å²) in [5.74, 6) is 0. The lowest BCUT2D eigenvalue weighted by Gasteiger charge is -2.07. The summed E-state index contributed by atoms with van der Waals surface area (Å²) in [5, 5.41) is 0. The van der Waals surface area contributed by atoms with Gasteiger partial charge in [0.25, 0.3) is 0 Å². The van der Waals surface area contributed by atoms with E-state index in [2.05, 4.69) is 0 Å². The molecule has 1 rings (SSSR count). The molecule has 0 aromatic carbocycles. The summed E-state index contributed by atoms with van der Waals surface area (Å²) in [6, 6.07) is 1.42. The molecule has 1 saturated heterocycles. The summed E-state index contributed by atoms with van der Waals surface area (Å²) >= 11 is 0. The Hall–Kier alpha value is 0.354. The Morgan fingerprint density at radius 3 is 2.18 bits per heavy atom. The molecule has 2 nitrogen and oxygen atoms in total. The molecule has 68 valence electrons. The van der Waals surface area contributed by atoms with Gasteiger partial charge in [-0.3, -0.25) is 0 Å². The molecule has 0 aliphatic carbocycles. The molecule has 0 saturated carbocycles. The van der Waals surface area contributed by atoms with Crippen LogP contribution in [-0.2, 0) is 4.43 Å². The zero-order valence-corrected chi connectivity index (χ0v) is 10.5. The van der Waals surface area contributed by atoms with Crippen LogP contribution in [0.3, 0.4) is 0 Å². The highest BCUT2D eigenvalue weighted by atomic mass is 28.2. The highest BCUT2D eigenvalue weighted by Gasteiger charge is 1.96. The van der Waals surface area contributed by atoms with E-state index in [1.807, 2.05) is 13.8 Å². The van der Waals surface area contributed by atoms with E-state index in [0.29, 0.717) is 5.54 Å². The molecule has 0 aromatic rings. The maximum absolute atomic E-state index is 8.28. The maximum Gasteiger partial charge on any atom is 0.161 e. The Bertz CT molecular complexity index is 63.3. The molecule has 1 N–H and O–H groups in total. The second-order valence-corrected chi connectivity index (χ2v) is 6.77. The lowest BCUT2D eigenvalue weighted by molar-refractivity contribution is 0.304. The molecule has 1 heterocycles. The predicted molar refractivity (Wildman–Crippen MR) is 54.4 cm³/mol. The van der Waals surface area contributed by atoms with E-state index in [9.17, 15) is 0 Å². The third kappa shape index (κ3) is 10.4. The van der Waals surface area contributed by atoms with E-state index in [1.54, 1.807) is 0 Å². The number of hydrogen-bond donors (Lipinski definition) is 1. The van der Waals surface area contributed by atoms with Crippen molar-refractivity contribution in [3.63, 3.8) is 0 Å². The first-order chi connectivity index (χ1) is 5.27. The third-order valence-corrected chi connectivity index (χ3v) is 3.54. The van der Waals surface area contributed by atoms with Crippen molar-refractivity contribution in [2.75, 3.05) is 6.61 Å². The van der Waals surface area contributed by atoms with E-state index < -0.39 is 9.76 Å². The molecular formula is C7H20O2Si2. The second kappa shape index (κ2) is 8.45. The van der Waals surface area contributed by atoms with Gasteiger partial charge < -0.3 is 9.22 Å². The maximum atomic E-state index is 8.28. The lowest BCUT2D eigenvalue weighted by Crippen LogP contribution is -2.06. The first kappa shape index (κ1) is 11.4. The minimum atomic E-state index is -0.651. The molecule has 1 aliphatic rings. The van der Waals surface area contributed by atoms with Crippen LogP contribution >= 0.6 is 0 Å². The lowest BCUT2D eigenvalue weighted by atomic mass is 10.4. The summed E-state index contributed by atoms with van der Waals surface area (Å²) in [6.07, 6.45) is 2.75. The Morgan fingerprint density at radius 2 is 2.09 bits per heavy atom. The van der Waals surface area contributed by atoms with E-state index in [1.165, 1.54) is 18.9 Å². The van der Waals surface area contributed by atoms with Gasteiger partial charge in [-0.25, -0.2) is 0 Å². The Morgan fingerprint density at radius 1 is 1.45 bits per heavy atom. The highest BCUT2D eigenvalue weighted by Crippen LogP contribution is 2.01. The fourth-order valence-electron chi connectivity index (χ4n) is 0.687. The Labute approximate surface area is 74.2 Å². The summed E-state index contributed by atoms with van der Waals surface area (Å²) in [4.78, 5) is 8.28. The van der Waals surface area contributed by atoms with Crippen LogP contribution < -0.4 is 0 Å². The second-order valence-electron chi connectivity index (χ2n) is 3.25. The van der Waals surface area contributed by atoms with Crippen LogP contribution in [0, 0.1) is 0 Å². The van der Waals surface area contributed by atoms with Crippen molar-refractivity contribution in [2.24, 2.45) is 0 Å². The van der Waals surface area contributed by atoms with Crippen LogP contribution in [-0.4, -0.2) is 30.9 Å². The Balaban J connectivity index is 0.000000187. The molecule has 4 heteroatoms. The van der Waals surface area contributed by atoms with E-state index in [0.717, 1.165) is 6.61 Å². The number of hydrogen-bond acceptors (Lipinski definition) is 2. The standard InChI is InChI=1S/C4H10OSi.C3H10OSi/c1-2-4-6-5-3-1;1-3(2)5-4/h1-4,6H2;3-4H,5H2,1-2H3. The summed E-state index contributed by atoms with van der Waals surface area (Å²) in [6.45, 7) is 5.13. The molecule has 0 radical (unpaired) electrons. The molecule has 0 atom stereocenters. The number of rotatable bonds is 1. The van der Waals surface area contributed by atoms with E-state index >= 15 is 0 Å². The zero-order valence-electron chi connectivity index (χ0n) is 7.68. The van der Waals surface area contributed by atoms with Gasteiger partial charge in [0, 0.05) is 6.61 Å². The summed E-state index contributed by atoms with van der Waals surface area (Å²) < 4.78 is 5.21. The van der Waals surface area contributed by atoms with Crippen molar-refractivity contribution in [3.8, 4) is 0 Å².